The Labute approximate surface area is 174 Å². The maximum Gasteiger partial charge on any atom is 0.317 e. The van der Waals surface area contributed by atoms with Gasteiger partial charge < -0.3 is 14.6 Å². The van der Waals surface area contributed by atoms with Gasteiger partial charge >= 0.3 is 11.9 Å². The monoisotopic (exact) mass is 404 g/mol. The van der Waals surface area contributed by atoms with Crippen LogP contribution in [0.1, 0.15) is 65.7 Å². The van der Waals surface area contributed by atoms with Gasteiger partial charge in [-0.15, -0.1) is 6.58 Å². The number of hydrogen-bond acceptors (Lipinski definition) is 5. The Morgan fingerprint density at radius 1 is 1.24 bits per heavy atom. The minimum absolute atomic E-state index is 0.0442. The third-order valence-corrected chi connectivity index (χ3v) is 8.16. The number of rotatable bonds is 5. The molecule has 6 atom stereocenters. The molecule has 2 saturated carbocycles. The Kier molecular flexibility index (Phi) is 6.01. The van der Waals surface area contributed by atoms with Gasteiger partial charge in [0.05, 0.1) is 19.8 Å². The molecule has 3 rings (SSSR count). The van der Waals surface area contributed by atoms with Gasteiger partial charge in [0, 0.05) is 10.8 Å². The van der Waals surface area contributed by atoms with Gasteiger partial charge in [0.1, 0.15) is 6.42 Å². The standard InChI is InChI=1S/C24H36O5/c1-6-22(2)11-8-17-16(14-22)18(25)12-19-23(3,9-7-10-24(17,19)4)15-29-21(27)13-20(26)28-5/h6,14,17-19,25H,1,7-13,15H2,2-5H3/t17-,18-,19-,22-,23-,24+/m0/s1. The number of esters is 2. The average molecular weight is 405 g/mol. The van der Waals surface area contributed by atoms with Crippen molar-refractivity contribution in [1.82, 2.24) is 0 Å². The summed E-state index contributed by atoms with van der Waals surface area (Å²) >= 11 is 0. The largest absolute Gasteiger partial charge is 0.469 e. The predicted octanol–water partition coefficient (Wildman–Crippen LogP) is 4.20. The Morgan fingerprint density at radius 2 is 1.97 bits per heavy atom. The highest BCUT2D eigenvalue weighted by molar-refractivity contribution is 5.91. The molecule has 0 saturated heterocycles. The summed E-state index contributed by atoms with van der Waals surface area (Å²) in [5.41, 5.74) is 1.02. The lowest BCUT2D eigenvalue weighted by Crippen LogP contribution is -2.56. The quantitative estimate of drug-likeness (QED) is 0.422. The lowest BCUT2D eigenvalue weighted by Gasteiger charge is -2.61. The van der Waals surface area contributed by atoms with Crippen molar-refractivity contribution in [3.05, 3.63) is 24.3 Å². The van der Waals surface area contributed by atoms with Gasteiger partial charge in [-0.3, -0.25) is 9.59 Å². The van der Waals surface area contributed by atoms with Crippen molar-refractivity contribution < 1.29 is 24.2 Å². The van der Waals surface area contributed by atoms with E-state index < -0.39 is 18.0 Å². The van der Waals surface area contributed by atoms with Crippen LogP contribution in [0.3, 0.4) is 0 Å². The topological polar surface area (TPSA) is 72.8 Å². The maximum atomic E-state index is 12.0. The van der Waals surface area contributed by atoms with Crippen LogP contribution in [0, 0.1) is 28.1 Å². The van der Waals surface area contributed by atoms with Crippen LogP contribution in [0.4, 0.5) is 0 Å². The number of aliphatic hydroxyl groups is 1. The molecule has 1 N–H and O–H groups in total. The first-order valence-corrected chi connectivity index (χ1v) is 10.8. The van der Waals surface area contributed by atoms with E-state index in [0.717, 1.165) is 32.1 Å². The number of carbonyl (C=O) groups excluding carboxylic acids is 2. The van der Waals surface area contributed by atoms with Crippen molar-refractivity contribution in [3.8, 4) is 0 Å². The Balaban J connectivity index is 1.82. The van der Waals surface area contributed by atoms with Gasteiger partial charge in [-0.05, 0) is 54.9 Å². The summed E-state index contributed by atoms with van der Waals surface area (Å²) in [5.74, 6) is -0.500. The molecule has 29 heavy (non-hydrogen) atoms. The van der Waals surface area contributed by atoms with E-state index in [0.29, 0.717) is 12.3 Å². The summed E-state index contributed by atoms with van der Waals surface area (Å²) in [6.07, 6.45) is 9.42. The van der Waals surface area contributed by atoms with E-state index in [1.807, 2.05) is 6.08 Å². The molecule has 0 unspecified atom stereocenters. The zero-order valence-corrected chi connectivity index (χ0v) is 18.3. The number of fused-ring (bicyclic) bond motifs is 3. The van der Waals surface area contributed by atoms with Crippen LogP contribution in [-0.2, 0) is 19.1 Å². The molecule has 0 aromatic carbocycles. The molecule has 162 valence electrons. The molecule has 0 aliphatic heterocycles. The molecule has 5 heteroatoms. The number of carbonyl (C=O) groups is 2. The summed E-state index contributed by atoms with van der Waals surface area (Å²) in [4.78, 5) is 23.4. The van der Waals surface area contributed by atoms with Crippen molar-refractivity contribution in [1.29, 1.82) is 0 Å². The van der Waals surface area contributed by atoms with Crippen LogP contribution in [0.5, 0.6) is 0 Å². The highest BCUT2D eigenvalue weighted by Crippen LogP contribution is 2.64. The van der Waals surface area contributed by atoms with Gasteiger partial charge in [-0.2, -0.15) is 0 Å². The third-order valence-electron chi connectivity index (χ3n) is 8.16. The second-order valence-electron chi connectivity index (χ2n) is 10.2. The van der Waals surface area contributed by atoms with Crippen LogP contribution in [0.2, 0.25) is 0 Å². The van der Waals surface area contributed by atoms with E-state index in [4.69, 9.17) is 4.74 Å². The fraction of sp³-hybridized carbons (Fsp3) is 0.750. The Morgan fingerprint density at radius 3 is 2.62 bits per heavy atom. The van der Waals surface area contributed by atoms with Crippen LogP contribution in [0.25, 0.3) is 0 Å². The normalized spacial score (nSPS) is 41.4. The number of aliphatic hydroxyl groups excluding tert-OH is 1. The summed E-state index contributed by atoms with van der Waals surface area (Å²) in [5, 5.41) is 11.1. The molecule has 3 aliphatic carbocycles. The zero-order valence-electron chi connectivity index (χ0n) is 18.3. The van der Waals surface area contributed by atoms with Gasteiger partial charge in [0.15, 0.2) is 0 Å². The lowest BCUT2D eigenvalue weighted by atomic mass is 9.45. The zero-order chi connectivity index (χ0) is 21.4. The summed E-state index contributed by atoms with van der Waals surface area (Å²) in [6.45, 7) is 11.0. The summed E-state index contributed by atoms with van der Waals surface area (Å²) < 4.78 is 10.1. The van der Waals surface area contributed by atoms with Crippen molar-refractivity contribution in [2.24, 2.45) is 28.1 Å². The molecule has 0 radical (unpaired) electrons. The molecule has 0 spiro atoms. The molecule has 5 nitrogen and oxygen atoms in total. The van der Waals surface area contributed by atoms with Gasteiger partial charge in [0.2, 0.25) is 0 Å². The number of hydrogen-bond donors (Lipinski definition) is 1. The molecule has 0 amide bonds. The van der Waals surface area contributed by atoms with Gasteiger partial charge in [-0.1, -0.05) is 39.3 Å². The lowest BCUT2D eigenvalue weighted by molar-refractivity contribution is -0.162. The van der Waals surface area contributed by atoms with E-state index >= 15 is 0 Å². The number of ether oxygens (including phenoxy) is 2. The second kappa shape index (κ2) is 7.90. The van der Waals surface area contributed by atoms with Crippen LogP contribution in [-0.4, -0.2) is 36.9 Å². The molecule has 3 aliphatic rings. The third kappa shape index (κ3) is 4.03. The minimum atomic E-state index is -0.580. The molecule has 0 heterocycles. The second-order valence-corrected chi connectivity index (χ2v) is 10.2. The highest BCUT2D eigenvalue weighted by atomic mass is 16.5. The van der Waals surface area contributed by atoms with Crippen LogP contribution >= 0.6 is 0 Å². The van der Waals surface area contributed by atoms with E-state index in [1.54, 1.807) is 0 Å². The number of allylic oxidation sites excluding steroid dienone is 2. The highest BCUT2D eigenvalue weighted by Gasteiger charge is 2.58. The molecular weight excluding hydrogens is 368 g/mol. The van der Waals surface area contributed by atoms with E-state index in [9.17, 15) is 14.7 Å². The smallest absolute Gasteiger partial charge is 0.317 e. The van der Waals surface area contributed by atoms with Crippen LogP contribution < -0.4 is 0 Å². The van der Waals surface area contributed by atoms with Gasteiger partial charge in [-0.25, -0.2) is 0 Å². The molecule has 0 aromatic rings. The first-order valence-electron chi connectivity index (χ1n) is 10.8. The Bertz CT molecular complexity index is 712. The maximum absolute atomic E-state index is 12.0. The van der Waals surface area contributed by atoms with E-state index in [2.05, 4.69) is 38.2 Å². The number of methoxy groups -OCH3 is 1. The fourth-order valence-electron chi connectivity index (χ4n) is 6.38. The fourth-order valence-corrected chi connectivity index (χ4v) is 6.38. The van der Waals surface area contributed by atoms with E-state index in [-0.39, 0.29) is 35.2 Å². The van der Waals surface area contributed by atoms with Crippen LogP contribution in [0.15, 0.2) is 24.3 Å². The van der Waals surface area contributed by atoms with Gasteiger partial charge in [0.25, 0.3) is 0 Å². The molecule has 0 aromatic heterocycles. The summed E-state index contributed by atoms with van der Waals surface area (Å²) in [7, 11) is 1.26. The minimum Gasteiger partial charge on any atom is -0.469 e. The molecule has 2 fully saturated rings. The van der Waals surface area contributed by atoms with Crippen molar-refractivity contribution in [2.75, 3.05) is 13.7 Å². The first kappa shape index (κ1) is 22.1. The van der Waals surface area contributed by atoms with E-state index in [1.165, 1.54) is 12.7 Å². The SMILES string of the molecule is C=C[C@]1(C)C=C2[C@@H](O)C[C@H]3[C@](C)(COC(=O)CC(=O)OC)CCC[C@]3(C)[C@H]2CC1. The summed E-state index contributed by atoms with van der Waals surface area (Å²) in [6, 6.07) is 0. The van der Waals surface area contributed by atoms with Crippen molar-refractivity contribution in [2.45, 2.75) is 71.8 Å². The van der Waals surface area contributed by atoms with Crippen molar-refractivity contribution in [3.63, 3.8) is 0 Å². The first-order chi connectivity index (χ1) is 13.6. The molecular formula is C24H36O5. The van der Waals surface area contributed by atoms with Crippen molar-refractivity contribution >= 4 is 11.9 Å². The Hall–Kier alpha value is -1.62. The predicted molar refractivity (Wildman–Crippen MR) is 111 cm³/mol. The molecule has 0 bridgehead atoms. The average Bonchev–Trinajstić information content (AvgIpc) is 2.68.